The number of hydrogen-bond donors (Lipinski definition) is 1. The van der Waals surface area contributed by atoms with Crippen LogP contribution < -0.4 is 4.89 Å². The number of hydrogen-bond acceptors (Lipinski definition) is 5. The molecule has 0 aliphatic carbocycles. The van der Waals surface area contributed by atoms with Crippen molar-refractivity contribution < 1.29 is 29.2 Å². The Kier molecular flexibility index (Phi) is 7.61. The molecule has 0 aromatic heterocycles. The average molecular weight is 401 g/mol. The van der Waals surface area contributed by atoms with Gasteiger partial charge in [-0.05, 0) is 44.0 Å². The van der Waals surface area contributed by atoms with E-state index in [1.807, 2.05) is 30.3 Å². The van der Waals surface area contributed by atoms with E-state index in [1.54, 1.807) is 45.0 Å². The van der Waals surface area contributed by atoms with Gasteiger partial charge >= 0.3 is 12.1 Å². The molecule has 0 spiro atoms. The van der Waals surface area contributed by atoms with E-state index in [4.69, 9.17) is 14.5 Å². The Morgan fingerprint density at radius 2 is 1.62 bits per heavy atom. The summed E-state index contributed by atoms with van der Waals surface area (Å²) in [4.78, 5) is 35.4. The van der Waals surface area contributed by atoms with Crippen LogP contribution in [0.15, 0.2) is 54.6 Å². The third-order valence-electron chi connectivity index (χ3n) is 4.01. The van der Waals surface area contributed by atoms with Gasteiger partial charge in [0, 0.05) is 13.5 Å². The molecule has 1 N–H and O–H groups in total. The molecule has 156 valence electrons. The van der Waals surface area contributed by atoms with Gasteiger partial charge in [0.1, 0.15) is 18.2 Å². The van der Waals surface area contributed by atoms with Gasteiger partial charge in [-0.25, -0.2) is 9.59 Å². The Hall–Kier alpha value is -3.06. The first-order chi connectivity index (χ1) is 13.7. The molecule has 0 saturated carbocycles. The van der Waals surface area contributed by atoms with Crippen LogP contribution in [0.1, 0.15) is 31.9 Å². The lowest BCUT2D eigenvalue weighted by Gasteiger charge is -2.28. The predicted octanol–water partition coefficient (Wildman–Crippen LogP) is 4.06. The summed E-state index contributed by atoms with van der Waals surface area (Å²) in [6.45, 7) is 5.50. The second-order valence-corrected chi connectivity index (χ2v) is 7.62. The summed E-state index contributed by atoms with van der Waals surface area (Å²) in [5, 5.41) is 9.54. The molecule has 7 heteroatoms. The summed E-state index contributed by atoms with van der Waals surface area (Å²) >= 11 is 0. The molecule has 0 radical (unpaired) electrons. The minimum Gasteiger partial charge on any atom is -0.480 e. The minimum absolute atomic E-state index is 0.135. The molecule has 0 saturated heterocycles. The molecule has 0 aliphatic rings. The number of amides is 1. The molecule has 7 nitrogen and oxygen atoms in total. The van der Waals surface area contributed by atoms with Crippen LogP contribution >= 0.6 is 0 Å². The van der Waals surface area contributed by atoms with Crippen molar-refractivity contribution in [2.75, 3.05) is 7.05 Å². The third kappa shape index (κ3) is 7.46. The van der Waals surface area contributed by atoms with E-state index in [2.05, 4.69) is 0 Å². The van der Waals surface area contributed by atoms with Crippen LogP contribution in [0.2, 0.25) is 0 Å². The van der Waals surface area contributed by atoms with Crippen molar-refractivity contribution in [3.8, 4) is 5.75 Å². The lowest BCUT2D eigenvalue weighted by molar-refractivity contribution is -0.217. The summed E-state index contributed by atoms with van der Waals surface area (Å²) < 4.78 is 5.26. The van der Waals surface area contributed by atoms with Gasteiger partial charge in [-0.3, -0.25) is 4.90 Å². The molecule has 29 heavy (non-hydrogen) atoms. The zero-order valence-corrected chi connectivity index (χ0v) is 17.1. The van der Waals surface area contributed by atoms with Crippen molar-refractivity contribution in [1.29, 1.82) is 0 Å². The van der Waals surface area contributed by atoms with E-state index in [-0.39, 0.29) is 6.42 Å². The smallest absolute Gasteiger partial charge is 0.410 e. The Bertz CT molecular complexity index is 798. The van der Waals surface area contributed by atoms with E-state index in [0.29, 0.717) is 12.4 Å². The topological polar surface area (TPSA) is 85.3 Å². The molecule has 1 amide bonds. The van der Waals surface area contributed by atoms with Gasteiger partial charge in [-0.1, -0.05) is 42.5 Å². The number of carbonyl (C=O) groups excluding carboxylic acids is 1. The van der Waals surface area contributed by atoms with Crippen LogP contribution in [0.4, 0.5) is 4.79 Å². The fraction of sp³-hybridized carbons (Fsp3) is 0.364. The molecule has 1 atom stereocenters. The third-order valence-corrected chi connectivity index (χ3v) is 4.01. The van der Waals surface area contributed by atoms with E-state index in [9.17, 15) is 14.7 Å². The Balaban J connectivity index is 1.93. The van der Waals surface area contributed by atoms with E-state index >= 15 is 0 Å². The quantitative estimate of drug-likeness (QED) is 0.530. The van der Waals surface area contributed by atoms with Crippen LogP contribution in [0.5, 0.6) is 5.75 Å². The largest absolute Gasteiger partial charge is 0.480 e. The highest BCUT2D eigenvalue weighted by molar-refractivity contribution is 5.80. The number of nitrogens with zero attached hydrogens (tertiary/aromatic N) is 1. The second kappa shape index (κ2) is 9.93. The Labute approximate surface area is 170 Å². The van der Waals surface area contributed by atoms with Gasteiger partial charge in [0.05, 0.1) is 0 Å². The molecule has 0 bridgehead atoms. The SMILES string of the molecule is CN(C(=O)OC(C)(C)C)[C@@H](Cc1ccc(OOCc2ccccc2)cc1)C(=O)O. The lowest BCUT2D eigenvalue weighted by atomic mass is 10.1. The summed E-state index contributed by atoms with van der Waals surface area (Å²) in [5.41, 5.74) is 1.02. The highest BCUT2D eigenvalue weighted by Gasteiger charge is 2.30. The maximum atomic E-state index is 12.2. The number of aliphatic carboxylic acids is 1. The van der Waals surface area contributed by atoms with Crippen molar-refractivity contribution in [2.24, 2.45) is 0 Å². The maximum absolute atomic E-state index is 12.2. The highest BCUT2D eigenvalue weighted by atomic mass is 17.2. The number of ether oxygens (including phenoxy) is 1. The average Bonchev–Trinajstić information content (AvgIpc) is 2.66. The van der Waals surface area contributed by atoms with Crippen LogP contribution in [-0.2, 0) is 27.4 Å². The fourth-order valence-corrected chi connectivity index (χ4v) is 2.50. The zero-order chi connectivity index (χ0) is 21.4. The summed E-state index contributed by atoms with van der Waals surface area (Å²) in [6.07, 6.45) is -0.546. The number of carboxylic acids is 1. The second-order valence-electron chi connectivity index (χ2n) is 7.62. The Morgan fingerprint density at radius 3 is 2.17 bits per heavy atom. The van der Waals surface area contributed by atoms with Crippen molar-refractivity contribution in [3.63, 3.8) is 0 Å². The summed E-state index contributed by atoms with van der Waals surface area (Å²) in [7, 11) is 1.42. The van der Waals surface area contributed by atoms with Gasteiger partial charge in [0.2, 0.25) is 0 Å². The number of benzene rings is 2. The minimum atomic E-state index is -1.11. The number of carbonyl (C=O) groups is 2. The zero-order valence-electron chi connectivity index (χ0n) is 17.1. The molecular weight excluding hydrogens is 374 g/mol. The first-order valence-electron chi connectivity index (χ1n) is 9.26. The maximum Gasteiger partial charge on any atom is 0.410 e. The van der Waals surface area contributed by atoms with Gasteiger partial charge < -0.3 is 14.7 Å². The van der Waals surface area contributed by atoms with Crippen molar-refractivity contribution in [3.05, 3.63) is 65.7 Å². The van der Waals surface area contributed by atoms with Gasteiger partial charge in [0.15, 0.2) is 5.75 Å². The molecular formula is C22H27NO6. The normalized spacial score (nSPS) is 12.1. The fourth-order valence-electron chi connectivity index (χ4n) is 2.50. The number of rotatable bonds is 8. The van der Waals surface area contributed by atoms with Gasteiger partial charge in [-0.15, -0.1) is 0 Å². The van der Waals surface area contributed by atoms with E-state index < -0.39 is 23.7 Å². The van der Waals surface area contributed by atoms with Crippen LogP contribution in [-0.4, -0.2) is 40.8 Å². The molecule has 2 aromatic carbocycles. The van der Waals surface area contributed by atoms with Crippen LogP contribution in [0.25, 0.3) is 0 Å². The molecule has 0 unspecified atom stereocenters. The predicted molar refractivity (Wildman–Crippen MR) is 107 cm³/mol. The van der Waals surface area contributed by atoms with Gasteiger partial charge in [0.25, 0.3) is 0 Å². The van der Waals surface area contributed by atoms with Crippen LogP contribution in [0.3, 0.4) is 0 Å². The van der Waals surface area contributed by atoms with Crippen LogP contribution in [0, 0.1) is 0 Å². The molecule has 0 fully saturated rings. The standard InChI is InChI=1S/C22H27NO6/c1-22(2,3)28-21(26)23(4)19(20(24)25)14-16-10-12-18(13-11-16)29-27-15-17-8-6-5-7-9-17/h5-13,19H,14-15H2,1-4H3,(H,24,25)/t19-/m0/s1. The monoisotopic (exact) mass is 401 g/mol. The van der Waals surface area contributed by atoms with E-state index in [0.717, 1.165) is 16.0 Å². The molecule has 0 heterocycles. The highest BCUT2D eigenvalue weighted by Crippen LogP contribution is 2.17. The number of likely N-dealkylation sites (N-methyl/N-ethyl adjacent to an activating group) is 1. The summed E-state index contributed by atoms with van der Waals surface area (Å²) in [6, 6.07) is 15.4. The molecule has 0 aliphatic heterocycles. The molecule has 2 rings (SSSR count). The Morgan fingerprint density at radius 1 is 1.00 bits per heavy atom. The summed E-state index contributed by atoms with van der Waals surface area (Å²) in [5.74, 6) is -0.609. The lowest BCUT2D eigenvalue weighted by Crippen LogP contribution is -2.46. The first-order valence-corrected chi connectivity index (χ1v) is 9.26. The van der Waals surface area contributed by atoms with Crippen molar-refractivity contribution in [1.82, 2.24) is 4.90 Å². The van der Waals surface area contributed by atoms with E-state index in [1.165, 1.54) is 7.05 Å². The van der Waals surface area contributed by atoms with Crippen molar-refractivity contribution in [2.45, 2.75) is 45.4 Å². The molecule has 2 aromatic rings. The van der Waals surface area contributed by atoms with Gasteiger partial charge in [-0.2, -0.15) is 4.89 Å². The number of carboxylic acid groups (broad SMARTS) is 1. The van der Waals surface area contributed by atoms with Crippen molar-refractivity contribution >= 4 is 12.1 Å². The first kappa shape index (κ1) is 22.2.